The van der Waals surface area contributed by atoms with Gasteiger partial charge in [0.2, 0.25) is 0 Å². The third kappa shape index (κ3) is 2.13. The average molecular weight is 281 g/mol. The molecule has 0 radical (unpaired) electrons. The van der Waals surface area contributed by atoms with Crippen LogP contribution in [0.5, 0.6) is 0 Å². The van der Waals surface area contributed by atoms with Crippen LogP contribution in [0.4, 0.5) is 0 Å². The summed E-state index contributed by atoms with van der Waals surface area (Å²) in [4.78, 5) is 25.7. The Morgan fingerprint density at radius 3 is 2.50 bits per heavy atom. The number of aromatic nitrogens is 2. The van der Waals surface area contributed by atoms with Crippen molar-refractivity contribution in [3.63, 3.8) is 0 Å². The van der Waals surface area contributed by atoms with Gasteiger partial charge >= 0.3 is 5.69 Å². The Bertz CT molecular complexity index is 600. The summed E-state index contributed by atoms with van der Waals surface area (Å²) in [5, 5.41) is 0. The standard InChI is InChI=1S/C14H23N3O3/c1-5-14(6-2)9(4)10(15)12(20-14)17-7-8(3)11(18)16-13(17)19/h7,9-10,12H,5-6,15H2,1-4H3,(H,16,18,19)/t9-,10+,12+/m0/s1. The van der Waals surface area contributed by atoms with Crippen molar-refractivity contribution in [1.29, 1.82) is 0 Å². The van der Waals surface area contributed by atoms with Gasteiger partial charge in [-0.05, 0) is 19.8 Å². The van der Waals surface area contributed by atoms with Crippen LogP contribution in [0.25, 0.3) is 0 Å². The van der Waals surface area contributed by atoms with E-state index in [1.807, 2.05) is 0 Å². The van der Waals surface area contributed by atoms with Crippen LogP contribution in [0, 0.1) is 12.8 Å². The van der Waals surface area contributed by atoms with Gasteiger partial charge in [-0.25, -0.2) is 4.79 Å². The Hall–Kier alpha value is -1.40. The molecule has 0 saturated carbocycles. The van der Waals surface area contributed by atoms with Crippen molar-refractivity contribution in [2.75, 3.05) is 0 Å². The zero-order valence-electron chi connectivity index (χ0n) is 12.5. The van der Waals surface area contributed by atoms with Crippen LogP contribution in [-0.2, 0) is 4.74 Å². The molecule has 1 aromatic rings. The Labute approximate surface area is 118 Å². The Balaban J connectivity index is 2.47. The van der Waals surface area contributed by atoms with Crippen LogP contribution in [0.1, 0.15) is 45.4 Å². The fraction of sp³-hybridized carbons (Fsp3) is 0.714. The van der Waals surface area contributed by atoms with Crippen molar-refractivity contribution in [2.24, 2.45) is 11.7 Å². The van der Waals surface area contributed by atoms with Crippen molar-refractivity contribution in [3.8, 4) is 0 Å². The predicted octanol–water partition coefficient (Wildman–Crippen LogP) is 0.896. The van der Waals surface area contributed by atoms with E-state index in [-0.39, 0.29) is 23.1 Å². The highest BCUT2D eigenvalue weighted by atomic mass is 16.5. The summed E-state index contributed by atoms with van der Waals surface area (Å²) in [6, 6.07) is -0.280. The maximum absolute atomic E-state index is 12.0. The van der Waals surface area contributed by atoms with E-state index in [0.29, 0.717) is 5.56 Å². The van der Waals surface area contributed by atoms with Crippen molar-refractivity contribution >= 4 is 0 Å². The summed E-state index contributed by atoms with van der Waals surface area (Å²) in [5.74, 6) is 0.140. The number of rotatable bonds is 3. The van der Waals surface area contributed by atoms with Gasteiger partial charge in [-0.15, -0.1) is 0 Å². The zero-order valence-corrected chi connectivity index (χ0v) is 12.5. The summed E-state index contributed by atoms with van der Waals surface area (Å²) in [6.45, 7) is 7.85. The topological polar surface area (TPSA) is 90.1 Å². The second-order valence-electron chi connectivity index (χ2n) is 5.62. The molecule has 0 aromatic carbocycles. The maximum Gasteiger partial charge on any atom is 0.330 e. The Morgan fingerprint density at radius 1 is 1.40 bits per heavy atom. The van der Waals surface area contributed by atoms with Crippen LogP contribution in [0.2, 0.25) is 0 Å². The molecule has 0 spiro atoms. The second-order valence-corrected chi connectivity index (χ2v) is 5.62. The average Bonchev–Trinajstić information content (AvgIpc) is 2.68. The molecular formula is C14H23N3O3. The van der Waals surface area contributed by atoms with Gasteiger partial charge in [0, 0.05) is 17.7 Å². The minimum Gasteiger partial charge on any atom is -0.349 e. The molecular weight excluding hydrogens is 258 g/mol. The number of hydrogen-bond donors (Lipinski definition) is 2. The molecule has 0 unspecified atom stereocenters. The fourth-order valence-corrected chi connectivity index (χ4v) is 3.10. The van der Waals surface area contributed by atoms with E-state index in [9.17, 15) is 9.59 Å². The summed E-state index contributed by atoms with van der Waals surface area (Å²) in [6.07, 6.45) is 2.67. The summed E-state index contributed by atoms with van der Waals surface area (Å²) < 4.78 is 7.56. The SMILES string of the molecule is CCC1(CC)O[C@@H](n2cc(C)c(=O)[nH]c2=O)[C@H](N)[C@@H]1C. The van der Waals surface area contributed by atoms with E-state index in [2.05, 4.69) is 25.8 Å². The lowest BCUT2D eigenvalue weighted by Crippen LogP contribution is -2.41. The van der Waals surface area contributed by atoms with Gasteiger partial charge in [0.1, 0.15) is 0 Å². The summed E-state index contributed by atoms with van der Waals surface area (Å²) in [7, 11) is 0. The highest BCUT2D eigenvalue weighted by molar-refractivity contribution is 5.05. The van der Waals surface area contributed by atoms with Gasteiger partial charge in [-0.2, -0.15) is 0 Å². The molecule has 6 heteroatoms. The van der Waals surface area contributed by atoms with Crippen LogP contribution in [0.3, 0.4) is 0 Å². The molecule has 20 heavy (non-hydrogen) atoms. The molecule has 1 aromatic heterocycles. The monoisotopic (exact) mass is 281 g/mol. The second kappa shape index (κ2) is 5.18. The van der Waals surface area contributed by atoms with E-state index in [0.717, 1.165) is 12.8 Å². The number of nitrogens with two attached hydrogens (primary N) is 1. The molecule has 0 bridgehead atoms. The van der Waals surface area contributed by atoms with E-state index >= 15 is 0 Å². The molecule has 3 N–H and O–H groups in total. The van der Waals surface area contributed by atoms with Crippen LogP contribution < -0.4 is 17.0 Å². The summed E-state index contributed by atoms with van der Waals surface area (Å²) >= 11 is 0. The molecule has 0 amide bonds. The minimum absolute atomic E-state index is 0.140. The molecule has 2 rings (SSSR count). The molecule has 1 saturated heterocycles. The number of H-pyrrole nitrogens is 1. The number of nitrogens with one attached hydrogen (secondary N) is 1. The molecule has 0 aliphatic carbocycles. The van der Waals surface area contributed by atoms with Crippen molar-refractivity contribution in [3.05, 3.63) is 32.6 Å². The minimum atomic E-state index is -0.534. The quantitative estimate of drug-likeness (QED) is 0.861. The molecule has 1 fully saturated rings. The van der Waals surface area contributed by atoms with Crippen molar-refractivity contribution < 1.29 is 4.74 Å². The van der Waals surface area contributed by atoms with Crippen LogP contribution in [-0.4, -0.2) is 21.2 Å². The number of ether oxygens (including phenoxy) is 1. The van der Waals surface area contributed by atoms with Gasteiger partial charge in [-0.1, -0.05) is 20.8 Å². The van der Waals surface area contributed by atoms with Crippen molar-refractivity contribution in [2.45, 2.75) is 58.4 Å². The maximum atomic E-state index is 12.0. The van der Waals surface area contributed by atoms with Gasteiger partial charge in [-0.3, -0.25) is 14.3 Å². The van der Waals surface area contributed by atoms with Gasteiger partial charge in [0.15, 0.2) is 6.23 Å². The molecule has 2 heterocycles. The van der Waals surface area contributed by atoms with E-state index in [1.165, 1.54) is 10.8 Å². The normalized spacial score (nSPS) is 28.8. The fourth-order valence-electron chi connectivity index (χ4n) is 3.10. The van der Waals surface area contributed by atoms with Gasteiger partial charge < -0.3 is 10.5 Å². The largest absolute Gasteiger partial charge is 0.349 e. The first-order valence-corrected chi connectivity index (χ1v) is 7.11. The number of nitrogens with zero attached hydrogens (tertiary/aromatic N) is 1. The summed E-state index contributed by atoms with van der Waals surface area (Å²) in [5.41, 5.74) is 5.57. The van der Waals surface area contributed by atoms with Crippen molar-refractivity contribution in [1.82, 2.24) is 9.55 Å². The first-order chi connectivity index (χ1) is 9.36. The molecule has 3 atom stereocenters. The van der Waals surface area contributed by atoms with E-state index in [4.69, 9.17) is 10.5 Å². The lowest BCUT2D eigenvalue weighted by molar-refractivity contribution is -0.0900. The number of hydrogen-bond acceptors (Lipinski definition) is 4. The molecule has 6 nitrogen and oxygen atoms in total. The molecule has 1 aliphatic rings. The van der Waals surface area contributed by atoms with Gasteiger partial charge in [0.05, 0.1) is 11.6 Å². The Morgan fingerprint density at radius 2 is 2.00 bits per heavy atom. The molecule has 112 valence electrons. The molecule has 1 aliphatic heterocycles. The van der Waals surface area contributed by atoms with Gasteiger partial charge in [0.25, 0.3) is 5.56 Å². The highest BCUT2D eigenvalue weighted by Crippen LogP contribution is 2.43. The van der Waals surface area contributed by atoms with Crippen LogP contribution >= 0.6 is 0 Å². The first-order valence-electron chi connectivity index (χ1n) is 7.11. The van der Waals surface area contributed by atoms with Crippen LogP contribution in [0.15, 0.2) is 15.8 Å². The Kier molecular flexibility index (Phi) is 3.88. The zero-order chi connectivity index (χ0) is 15.1. The third-order valence-electron chi connectivity index (χ3n) is 4.71. The third-order valence-corrected chi connectivity index (χ3v) is 4.71. The lowest BCUT2D eigenvalue weighted by Gasteiger charge is -2.30. The first kappa shape index (κ1) is 15.0. The number of aryl methyl sites for hydroxylation is 1. The van der Waals surface area contributed by atoms with E-state index in [1.54, 1.807) is 6.92 Å². The predicted molar refractivity (Wildman–Crippen MR) is 76.6 cm³/mol. The lowest BCUT2D eigenvalue weighted by atomic mass is 9.82. The van der Waals surface area contributed by atoms with E-state index < -0.39 is 11.9 Å². The smallest absolute Gasteiger partial charge is 0.330 e. The number of aromatic amines is 1. The highest BCUT2D eigenvalue weighted by Gasteiger charge is 2.50.